The van der Waals surface area contributed by atoms with E-state index in [1.165, 1.54) is 0 Å². The summed E-state index contributed by atoms with van der Waals surface area (Å²) in [6.07, 6.45) is 3.17. The number of carbonyl (C=O) groups excluding carboxylic acids is 2. The number of Topliss-reactive ketones (excluding diaryl/α,β-unsaturated/α-hetero) is 1. The number of amides is 1. The highest BCUT2D eigenvalue weighted by Gasteiger charge is 2.28. The molecule has 0 saturated carbocycles. The standard InChI is InChI=1S/C13H19N3O2/c1-4-15(2)13(18)11-9-7-5-6-8-10(17)12(9)16(3)14-11/h4-8H2,1-3H3. The van der Waals surface area contributed by atoms with Gasteiger partial charge in [-0.15, -0.1) is 0 Å². The highest BCUT2D eigenvalue weighted by Crippen LogP contribution is 2.24. The van der Waals surface area contributed by atoms with E-state index in [-0.39, 0.29) is 11.7 Å². The van der Waals surface area contributed by atoms with Crippen LogP contribution in [0.25, 0.3) is 0 Å². The van der Waals surface area contributed by atoms with E-state index in [0.717, 1.165) is 24.8 Å². The summed E-state index contributed by atoms with van der Waals surface area (Å²) >= 11 is 0. The highest BCUT2D eigenvalue weighted by atomic mass is 16.2. The number of ketones is 1. The Hall–Kier alpha value is -1.65. The first-order valence-corrected chi connectivity index (χ1v) is 6.40. The Balaban J connectivity index is 2.48. The van der Waals surface area contributed by atoms with Gasteiger partial charge in [0, 0.05) is 32.6 Å². The number of aromatic nitrogens is 2. The van der Waals surface area contributed by atoms with Gasteiger partial charge in [-0.05, 0) is 26.2 Å². The average Bonchev–Trinajstić information content (AvgIpc) is 2.56. The topological polar surface area (TPSA) is 55.2 Å². The lowest BCUT2D eigenvalue weighted by Gasteiger charge is -2.13. The monoisotopic (exact) mass is 249 g/mol. The summed E-state index contributed by atoms with van der Waals surface area (Å²) in [4.78, 5) is 25.9. The molecule has 2 rings (SSSR count). The van der Waals surface area contributed by atoms with Crippen LogP contribution < -0.4 is 0 Å². The van der Waals surface area contributed by atoms with E-state index in [1.807, 2.05) is 6.92 Å². The Morgan fingerprint density at radius 2 is 2.06 bits per heavy atom. The van der Waals surface area contributed by atoms with Crippen LogP contribution in [-0.2, 0) is 13.5 Å². The van der Waals surface area contributed by atoms with Gasteiger partial charge in [-0.3, -0.25) is 14.3 Å². The third kappa shape index (κ3) is 2.05. The first-order valence-electron chi connectivity index (χ1n) is 6.40. The molecule has 0 radical (unpaired) electrons. The maximum absolute atomic E-state index is 12.2. The molecule has 98 valence electrons. The molecule has 1 aromatic heterocycles. The minimum absolute atomic E-state index is 0.0935. The fourth-order valence-electron chi connectivity index (χ4n) is 2.36. The molecule has 5 heteroatoms. The van der Waals surface area contributed by atoms with Gasteiger partial charge in [-0.25, -0.2) is 0 Å². The average molecular weight is 249 g/mol. The van der Waals surface area contributed by atoms with Crippen LogP contribution in [0.2, 0.25) is 0 Å². The molecule has 0 fully saturated rings. The van der Waals surface area contributed by atoms with Crippen molar-refractivity contribution in [3.8, 4) is 0 Å². The summed E-state index contributed by atoms with van der Waals surface area (Å²) in [5.74, 6) is 0.0137. The first kappa shape index (κ1) is 12.8. The van der Waals surface area contributed by atoms with E-state index in [4.69, 9.17) is 0 Å². The van der Waals surface area contributed by atoms with Gasteiger partial charge in [0.25, 0.3) is 5.91 Å². The smallest absolute Gasteiger partial charge is 0.274 e. The normalized spacial score (nSPS) is 15.2. The summed E-state index contributed by atoms with van der Waals surface area (Å²) in [5, 5.41) is 4.26. The van der Waals surface area contributed by atoms with Crippen molar-refractivity contribution in [2.75, 3.05) is 13.6 Å². The molecule has 0 N–H and O–H groups in total. The molecule has 0 bridgehead atoms. The molecular formula is C13H19N3O2. The fraction of sp³-hybridized carbons (Fsp3) is 0.615. The molecule has 1 aromatic rings. The Kier molecular flexibility index (Phi) is 3.50. The van der Waals surface area contributed by atoms with Crippen LogP contribution in [0.1, 0.15) is 52.7 Å². The minimum Gasteiger partial charge on any atom is -0.341 e. The Labute approximate surface area is 107 Å². The number of aryl methyl sites for hydroxylation is 1. The van der Waals surface area contributed by atoms with Crippen LogP contribution in [-0.4, -0.2) is 40.0 Å². The second-order valence-electron chi connectivity index (χ2n) is 4.75. The number of rotatable bonds is 2. The Bertz CT molecular complexity index is 491. The molecule has 0 spiro atoms. The maximum Gasteiger partial charge on any atom is 0.274 e. The van der Waals surface area contributed by atoms with Crippen molar-refractivity contribution < 1.29 is 9.59 Å². The molecule has 1 amide bonds. The highest BCUT2D eigenvalue weighted by molar-refractivity contribution is 6.01. The van der Waals surface area contributed by atoms with E-state index >= 15 is 0 Å². The number of nitrogens with zero attached hydrogens (tertiary/aromatic N) is 3. The first-order chi connectivity index (χ1) is 8.56. The van der Waals surface area contributed by atoms with E-state index in [9.17, 15) is 9.59 Å². The van der Waals surface area contributed by atoms with E-state index in [2.05, 4.69) is 5.10 Å². The summed E-state index contributed by atoms with van der Waals surface area (Å²) in [7, 11) is 3.49. The lowest BCUT2D eigenvalue weighted by atomic mass is 10.1. The summed E-state index contributed by atoms with van der Waals surface area (Å²) < 4.78 is 1.57. The molecular weight excluding hydrogens is 230 g/mol. The molecule has 1 aliphatic rings. The number of hydrogen-bond donors (Lipinski definition) is 0. The molecule has 0 aliphatic heterocycles. The molecule has 0 aromatic carbocycles. The number of fused-ring (bicyclic) bond motifs is 1. The van der Waals surface area contributed by atoms with Crippen LogP contribution >= 0.6 is 0 Å². The quantitative estimate of drug-likeness (QED) is 0.745. The van der Waals surface area contributed by atoms with Crippen molar-refractivity contribution in [2.24, 2.45) is 7.05 Å². The van der Waals surface area contributed by atoms with Gasteiger partial charge < -0.3 is 4.90 Å². The summed E-state index contributed by atoms with van der Waals surface area (Å²) in [6, 6.07) is 0. The largest absolute Gasteiger partial charge is 0.341 e. The summed E-state index contributed by atoms with van der Waals surface area (Å²) in [5.41, 5.74) is 1.91. The Morgan fingerprint density at radius 1 is 1.39 bits per heavy atom. The van der Waals surface area contributed by atoms with Crippen molar-refractivity contribution >= 4 is 11.7 Å². The van der Waals surface area contributed by atoms with E-state index in [0.29, 0.717) is 24.4 Å². The molecule has 0 saturated heterocycles. The summed E-state index contributed by atoms with van der Waals surface area (Å²) in [6.45, 7) is 2.56. The van der Waals surface area contributed by atoms with E-state index in [1.54, 1.807) is 23.7 Å². The van der Waals surface area contributed by atoms with Crippen molar-refractivity contribution in [3.05, 3.63) is 17.0 Å². The second-order valence-corrected chi connectivity index (χ2v) is 4.75. The van der Waals surface area contributed by atoms with Gasteiger partial charge in [0.1, 0.15) is 5.69 Å². The third-order valence-corrected chi connectivity index (χ3v) is 3.51. The second kappa shape index (κ2) is 4.92. The molecule has 1 aliphatic carbocycles. The van der Waals surface area contributed by atoms with Crippen molar-refractivity contribution in [1.82, 2.24) is 14.7 Å². The van der Waals surface area contributed by atoms with E-state index < -0.39 is 0 Å². The van der Waals surface area contributed by atoms with Gasteiger partial charge in [0.15, 0.2) is 11.5 Å². The number of carbonyl (C=O) groups is 2. The molecule has 18 heavy (non-hydrogen) atoms. The zero-order valence-electron chi connectivity index (χ0n) is 11.2. The maximum atomic E-state index is 12.2. The minimum atomic E-state index is -0.0935. The van der Waals surface area contributed by atoms with Gasteiger partial charge in [0.05, 0.1) is 0 Å². The third-order valence-electron chi connectivity index (χ3n) is 3.51. The van der Waals surface area contributed by atoms with Crippen LogP contribution in [0.15, 0.2) is 0 Å². The van der Waals surface area contributed by atoms with Gasteiger partial charge >= 0.3 is 0 Å². The lowest BCUT2D eigenvalue weighted by Crippen LogP contribution is -2.27. The van der Waals surface area contributed by atoms with Crippen LogP contribution in [0, 0.1) is 0 Å². The molecule has 1 heterocycles. The lowest BCUT2D eigenvalue weighted by molar-refractivity contribution is 0.0794. The van der Waals surface area contributed by atoms with Gasteiger partial charge in [-0.2, -0.15) is 5.10 Å². The van der Waals surface area contributed by atoms with Gasteiger partial charge in [-0.1, -0.05) is 0 Å². The number of hydrogen-bond acceptors (Lipinski definition) is 3. The molecule has 0 atom stereocenters. The zero-order chi connectivity index (χ0) is 13.3. The Morgan fingerprint density at radius 3 is 2.72 bits per heavy atom. The van der Waals surface area contributed by atoms with Gasteiger partial charge in [0.2, 0.25) is 0 Å². The van der Waals surface area contributed by atoms with Crippen LogP contribution in [0.5, 0.6) is 0 Å². The SMILES string of the molecule is CCN(C)C(=O)c1nn(C)c2c1CCCCC2=O. The predicted molar refractivity (Wildman–Crippen MR) is 67.7 cm³/mol. The molecule has 5 nitrogen and oxygen atoms in total. The van der Waals surface area contributed by atoms with Crippen LogP contribution in [0.3, 0.4) is 0 Å². The van der Waals surface area contributed by atoms with Crippen molar-refractivity contribution in [2.45, 2.75) is 32.6 Å². The zero-order valence-corrected chi connectivity index (χ0v) is 11.2. The molecule has 0 unspecified atom stereocenters. The predicted octanol–water partition coefficient (Wildman–Crippen LogP) is 1.42. The van der Waals surface area contributed by atoms with Crippen molar-refractivity contribution in [3.63, 3.8) is 0 Å². The van der Waals surface area contributed by atoms with Crippen LogP contribution in [0.4, 0.5) is 0 Å². The fourth-order valence-corrected chi connectivity index (χ4v) is 2.36. The van der Waals surface area contributed by atoms with Crippen molar-refractivity contribution in [1.29, 1.82) is 0 Å².